The number of nitrogens with one attached hydrogen (secondary N) is 1. The minimum absolute atomic E-state index is 0.0147. The van der Waals surface area contributed by atoms with Crippen molar-refractivity contribution in [3.8, 4) is 0 Å². The largest absolute Gasteiger partial charge is 0.334 e. The second-order valence-electron chi connectivity index (χ2n) is 5.01. The molecule has 1 aromatic rings. The summed E-state index contributed by atoms with van der Waals surface area (Å²) in [5.74, 6) is -1.14. The predicted octanol–water partition coefficient (Wildman–Crippen LogP) is 1.95. The first-order valence-electron chi connectivity index (χ1n) is 7.00. The van der Waals surface area contributed by atoms with Gasteiger partial charge >= 0.3 is 0 Å². The topological polar surface area (TPSA) is 75.5 Å². The summed E-state index contributed by atoms with van der Waals surface area (Å²) in [6.07, 6.45) is 1.79. The lowest BCUT2D eigenvalue weighted by Gasteiger charge is -2.33. The minimum atomic E-state index is -0.653. The number of hydrogen-bond acceptors (Lipinski definition) is 4. The number of carbonyl (C=O) groups excluding carboxylic acids is 1. The van der Waals surface area contributed by atoms with E-state index in [1.807, 2.05) is 6.92 Å². The van der Waals surface area contributed by atoms with Crippen LogP contribution in [0.2, 0.25) is 0 Å². The monoisotopic (exact) mass is 295 g/mol. The van der Waals surface area contributed by atoms with Crippen LogP contribution in [0.15, 0.2) is 18.2 Å². The van der Waals surface area contributed by atoms with Crippen LogP contribution in [0.5, 0.6) is 0 Å². The Morgan fingerprint density at radius 3 is 2.90 bits per heavy atom. The van der Waals surface area contributed by atoms with Crippen molar-refractivity contribution in [1.29, 1.82) is 0 Å². The summed E-state index contributed by atoms with van der Waals surface area (Å²) in [4.78, 5) is 24.5. The lowest BCUT2D eigenvalue weighted by atomic mass is 10.0. The number of nitro benzene ring substituents is 1. The van der Waals surface area contributed by atoms with Crippen molar-refractivity contribution >= 4 is 11.6 Å². The van der Waals surface area contributed by atoms with Gasteiger partial charge in [0.2, 0.25) is 0 Å². The van der Waals surface area contributed by atoms with Crippen LogP contribution in [0.1, 0.15) is 30.1 Å². The van der Waals surface area contributed by atoms with E-state index >= 15 is 0 Å². The average Bonchev–Trinajstić information content (AvgIpc) is 2.48. The lowest BCUT2D eigenvalue weighted by molar-refractivity contribution is -0.385. The zero-order valence-electron chi connectivity index (χ0n) is 11.8. The molecular weight excluding hydrogens is 277 g/mol. The first kappa shape index (κ1) is 15.4. The van der Waals surface area contributed by atoms with Crippen molar-refractivity contribution in [2.45, 2.75) is 25.8 Å². The number of hydrogen-bond donors (Lipinski definition) is 1. The number of carbonyl (C=O) groups is 1. The van der Waals surface area contributed by atoms with E-state index in [1.54, 1.807) is 4.90 Å². The molecule has 0 aliphatic carbocycles. The summed E-state index contributed by atoms with van der Waals surface area (Å²) in [5.41, 5.74) is -0.545. The van der Waals surface area contributed by atoms with Crippen molar-refractivity contribution in [3.63, 3.8) is 0 Å². The molecule has 1 saturated heterocycles. The van der Waals surface area contributed by atoms with Crippen LogP contribution in [-0.2, 0) is 0 Å². The number of benzene rings is 1. The summed E-state index contributed by atoms with van der Waals surface area (Å²) in [5, 5.41) is 14.2. The second kappa shape index (κ2) is 6.62. The van der Waals surface area contributed by atoms with Crippen LogP contribution in [0.4, 0.5) is 10.1 Å². The summed E-state index contributed by atoms with van der Waals surface area (Å²) < 4.78 is 13.4. The van der Waals surface area contributed by atoms with E-state index in [0.29, 0.717) is 13.1 Å². The Hall–Kier alpha value is -2.02. The fourth-order valence-electron chi connectivity index (χ4n) is 2.66. The van der Waals surface area contributed by atoms with E-state index in [4.69, 9.17) is 0 Å². The Kier molecular flexibility index (Phi) is 4.85. The van der Waals surface area contributed by atoms with Crippen molar-refractivity contribution in [2.24, 2.45) is 0 Å². The van der Waals surface area contributed by atoms with Crippen LogP contribution in [0, 0.1) is 15.9 Å². The van der Waals surface area contributed by atoms with Gasteiger partial charge in [-0.1, -0.05) is 0 Å². The van der Waals surface area contributed by atoms with Gasteiger partial charge in [-0.3, -0.25) is 14.9 Å². The van der Waals surface area contributed by atoms with Gasteiger partial charge in [-0.15, -0.1) is 0 Å². The van der Waals surface area contributed by atoms with Gasteiger partial charge < -0.3 is 10.2 Å². The normalized spacial score (nSPS) is 18.3. The van der Waals surface area contributed by atoms with E-state index in [-0.39, 0.29) is 17.3 Å². The molecule has 0 aromatic heterocycles. The zero-order chi connectivity index (χ0) is 15.4. The van der Waals surface area contributed by atoms with Crippen molar-refractivity contribution in [3.05, 3.63) is 39.7 Å². The number of halogens is 1. The van der Waals surface area contributed by atoms with Crippen LogP contribution < -0.4 is 5.32 Å². The SMILES string of the molecule is CCN(C(=O)c1cc(F)ccc1[N+](=O)[O-])C1CCCNC1. The van der Waals surface area contributed by atoms with Crippen LogP contribution in [0.3, 0.4) is 0 Å². The Balaban J connectivity index is 2.32. The molecule has 6 nitrogen and oxygen atoms in total. The van der Waals surface area contributed by atoms with Gasteiger partial charge in [0.15, 0.2) is 0 Å². The molecule has 7 heteroatoms. The molecule has 114 valence electrons. The van der Waals surface area contributed by atoms with E-state index < -0.39 is 16.6 Å². The predicted molar refractivity (Wildman–Crippen MR) is 75.7 cm³/mol. The summed E-state index contributed by atoms with van der Waals surface area (Å²) in [6.45, 7) is 3.81. The number of nitro groups is 1. The molecule has 0 saturated carbocycles. The molecule has 1 unspecified atom stereocenters. The Bertz CT molecular complexity index is 544. The summed E-state index contributed by atoms with van der Waals surface area (Å²) >= 11 is 0. The molecule has 1 N–H and O–H groups in total. The lowest BCUT2D eigenvalue weighted by Crippen LogP contribution is -2.48. The zero-order valence-corrected chi connectivity index (χ0v) is 11.8. The number of likely N-dealkylation sites (N-methyl/N-ethyl adjacent to an activating group) is 1. The average molecular weight is 295 g/mol. The van der Waals surface area contributed by atoms with Crippen molar-refractivity contribution in [1.82, 2.24) is 10.2 Å². The standard InChI is InChI=1S/C14H18FN3O3/c1-2-17(11-4-3-7-16-9-11)14(19)12-8-10(15)5-6-13(12)18(20)21/h5-6,8,11,16H,2-4,7,9H2,1H3. The maximum atomic E-state index is 13.4. The van der Waals surface area contributed by atoms with Crippen LogP contribution >= 0.6 is 0 Å². The highest BCUT2D eigenvalue weighted by Gasteiger charge is 2.29. The molecule has 1 heterocycles. The second-order valence-corrected chi connectivity index (χ2v) is 5.01. The molecule has 0 bridgehead atoms. The van der Waals surface area contributed by atoms with Gasteiger partial charge in [-0.25, -0.2) is 4.39 Å². The Morgan fingerprint density at radius 1 is 1.57 bits per heavy atom. The van der Waals surface area contributed by atoms with E-state index in [0.717, 1.165) is 37.6 Å². The fraction of sp³-hybridized carbons (Fsp3) is 0.500. The number of nitrogens with zero attached hydrogens (tertiary/aromatic N) is 2. The number of piperidine rings is 1. The van der Waals surface area contributed by atoms with Gasteiger partial charge in [0, 0.05) is 25.2 Å². The third-order valence-electron chi connectivity index (χ3n) is 3.70. The highest BCUT2D eigenvalue weighted by Crippen LogP contribution is 2.23. The summed E-state index contributed by atoms with van der Waals surface area (Å²) in [7, 11) is 0. The number of rotatable bonds is 4. The smallest absolute Gasteiger partial charge is 0.282 e. The third kappa shape index (κ3) is 3.36. The molecule has 0 radical (unpaired) electrons. The quantitative estimate of drug-likeness (QED) is 0.680. The molecule has 1 aromatic carbocycles. The molecule has 21 heavy (non-hydrogen) atoms. The highest BCUT2D eigenvalue weighted by atomic mass is 19.1. The van der Waals surface area contributed by atoms with Gasteiger partial charge in [0.05, 0.1) is 4.92 Å². The van der Waals surface area contributed by atoms with Crippen molar-refractivity contribution in [2.75, 3.05) is 19.6 Å². The molecule has 1 amide bonds. The first-order chi connectivity index (χ1) is 10.0. The van der Waals surface area contributed by atoms with E-state index in [9.17, 15) is 19.3 Å². The maximum Gasteiger partial charge on any atom is 0.282 e. The Labute approximate surface area is 122 Å². The van der Waals surface area contributed by atoms with Crippen molar-refractivity contribution < 1.29 is 14.1 Å². The minimum Gasteiger partial charge on any atom is -0.334 e. The highest BCUT2D eigenvalue weighted by molar-refractivity contribution is 5.98. The van der Waals surface area contributed by atoms with E-state index in [1.165, 1.54) is 0 Å². The molecule has 1 atom stereocenters. The Morgan fingerprint density at radius 2 is 2.33 bits per heavy atom. The fourth-order valence-corrected chi connectivity index (χ4v) is 2.66. The molecule has 1 aliphatic heterocycles. The summed E-state index contributed by atoms with van der Waals surface area (Å²) in [6, 6.07) is 2.96. The van der Waals surface area contributed by atoms with E-state index in [2.05, 4.69) is 5.32 Å². The van der Waals surface area contributed by atoms with Gasteiger partial charge in [-0.05, 0) is 38.4 Å². The first-order valence-corrected chi connectivity index (χ1v) is 7.00. The molecule has 1 aliphatic rings. The third-order valence-corrected chi connectivity index (χ3v) is 3.70. The molecule has 1 fully saturated rings. The van der Waals surface area contributed by atoms with Gasteiger partial charge in [-0.2, -0.15) is 0 Å². The van der Waals surface area contributed by atoms with Crippen LogP contribution in [-0.4, -0.2) is 41.4 Å². The molecule has 0 spiro atoms. The number of amides is 1. The maximum absolute atomic E-state index is 13.4. The molecule has 2 rings (SSSR count). The van der Waals surface area contributed by atoms with Gasteiger partial charge in [0.1, 0.15) is 11.4 Å². The van der Waals surface area contributed by atoms with Gasteiger partial charge in [0.25, 0.3) is 11.6 Å². The van der Waals surface area contributed by atoms with Crippen LogP contribution in [0.25, 0.3) is 0 Å². The molecular formula is C14H18FN3O3.